The van der Waals surface area contributed by atoms with Crippen LogP contribution >= 0.6 is 0 Å². The van der Waals surface area contributed by atoms with Crippen LogP contribution in [0.1, 0.15) is 46.5 Å². The molecule has 102 valence electrons. The minimum atomic E-state index is -3.13. The van der Waals surface area contributed by atoms with Crippen LogP contribution in [0, 0.1) is 5.41 Å². The molecule has 0 aromatic heterocycles. The first-order chi connectivity index (χ1) is 7.76. The smallest absolute Gasteiger partial charge is 0.214 e. The van der Waals surface area contributed by atoms with Crippen LogP contribution in [0.4, 0.5) is 0 Å². The van der Waals surface area contributed by atoms with Gasteiger partial charge < -0.3 is 5.73 Å². The summed E-state index contributed by atoms with van der Waals surface area (Å²) in [7, 11) is -3.13. The van der Waals surface area contributed by atoms with Crippen molar-refractivity contribution in [1.29, 1.82) is 0 Å². The molecule has 17 heavy (non-hydrogen) atoms. The lowest BCUT2D eigenvalue weighted by Crippen LogP contribution is -2.47. The maximum Gasteiger partial charge on any atom is 0.214 e. The molecular weight excluding hydrogens is 236 g/mol. The van der Waals surface area contributed by atoms with Gasteiger partial charge in [0.25, 0.3) is 0 Å². The molecule has 2 N–H and O–H groups in total. The van der Waals surface area contributed by atoms with Crippen molar-refractivity contribution in [2.24, 2.45) is 11.1 Å². The molecule has 0 saturated carbocycles. The second kappa shape index (κ2) is 5.67. The molecule has 1 fully saturated rings. The largest absolute Gasteiger partial charge is 0.330 e. The Balaban J connectivity index is 2.80. The molecule has 0 bridgehead atoms. The molecule has 1 atom stereocenters. The highest BCUT2D eigenvalue weighted by atomic mass is 32.2. The van der Waals surface area contributed by atoms with Gasteiger partial charge in [-0.05, 0) is 31.2 Å². The number of nitrogens with zero attached hydrogens (tertiary/aromatic N) is 1. The van der Waals surface area contributed by atoms with Gasteiger partial charge in [-0.2, -0.15) is 4.31 Å². The Labute approximate surface area is 106 Å². The molecule has 0 aromatic carbocycles. The summed E-state index contributed by atoms with van der Waals surface area (Å²) >= 11 is 0. The third-order valence-electron chi connectivity index (χ3n) is 3.05. The van der Waals surface area contributed by atoms with Gasteiger partial charge in [0.05, 0.1) is 5.75 Å². The van der Waals surface area contributed by atoms with Crippen molar-refractivity contribution in [2.45, 2.75) is 52.5 Å². The lowest BCUT2D eigenvalue weighted by molar-refractivity contribution is 0.240. The number of rotatable bonds is 4. The summed E-state index contributed by atoms with van der Waals surface area (Å²) < 4.78 is 26.4. The summed E-state index contributed by atoms with van der Waals surface area (Å²) in [5, 5.41) is 0. The highest BCUT2D eigenvalue weighted by Gasteiger charge is 2.34. The van der Waals surface area contributed by atoms with Crippen molar-refractivity contribution in [3.05, 3.63) is 0 Å². The van der Waals surface area contributed by atoms with E-state index in [1.165, 1.54) is 0 Å². The lowest BCUT2D eigenvalue weighted by atomic mass is 10.0. The first-order valence-electron chi connectivity index (χ1n) is 6.46. The van der Waals surface area contributed by atoms with E-state index >= 15 is 0 Å². The number of hydrogen-bond acceptors (Lipinski definition) is 3. The fourth-order valence-corrected chi connectivity index (χ4v) is 4.78. The van der Waals surface area contributed by atoms with E-state index in [9.17, 15) is 8.42 Å². The molecule has 1 rings (SSSR count). The zero-order valence-electron chi connectivity index (χ0n) is 11.3. The Morgan fingerprint density at radius 1 is 1.29 bits per heavy atom. The highest BCUT2D eigenvalue weighted by Crippen LogP contribution is 2.26. The van der Waals surface area contributed by atoms with Crippen LogP contribution in [-0.2, 0) is 10.0 Å². The van der Waals surface area contributed by atoms with Gasteiger partial charge in [0, 0.05) is 12.6 Å². The van der Waals surface area contributed by atoms with E-state index in [1.807, 2.05) is 20.8 Å². The van der Waals surface area contributed by atoms with E-state index in [4.69, 9.17) is 5.73 Å². The van der Waals surface area contributed by atoms with Crippen LogP contribution in [0.5, 0.6) is 0 Å². The molecule has 1 saturated heterocycles. The topological polar surface area (TPSA) is 63.4 Å². The minimum absolute atomic E-state index is 0.126. The van der Waals surface area contributed by atoms with Crippen LogP contribution in [0.2, 0.25) is 0 Å². The number of sulfonamides is 1. The first-order valence-corrected chi connectivity index (χ1v) is 8.07. The number of piperidine rings is 1. The predicted molar refractivity (Wildman–Crippen MR) is 71.3 cm³/mol. The third-order valence-corrected chi connectivity index (χ3v) is 5.47. The molecule has 0 aromatic rings. The van der Waals surface area contributed by atoms with Gasteiger partial charge in [-0.1, -0.05) is 27.2 Å². The average molecular weight is 262 g/mol. The van der Waals surface area contributed by atoms with Crippen LogP contribution < -0.4 is 5.73 Å². The Morgan fingerprint density at radius 3 is 2.47 bits per heavy atom. The zero-order chi connectivity index (χ0) is 13.1. The summed E-state index contributed by atoms with van der Waals surface area (Å²) in [5.41, 5.74) is 5.38. The monoisotopic (exact) mass is 262 g/mol. The van der Waals surface area contributed by atoms with Crippen molar-refractivity contribution in [1.82, 2.24) is 4.31 Å². The van der Waals surface area contributed by atoms with E-state index in [0.717, 1.165) is 25.7 Å². The third kappa shape index (κ3) is 4.56. The van der Waals surface area contributed by atoms with Crippen molar-refractivity contribution in [2.75, 3.05) is 18.8 Å². The Morgan fingerprint density at radius 2 is 1.94 bits per heavy atom. The molecule has 5 heteroatoms. The average Bonchev–Trinajstić information content (AvgIpc) is 2.15. The molecule has 1 heterocycles. The van der Waals surface area contributed by atoms with Crippen molar-refractivity contribution >= 4 is 10.0 Å². The number of nitrogens with two attached hydrogens (primary N) is 1. The predicted octanol–water partition coefficient (Wildman–Crippen LogP) is 1.57. The van der Waals surface area contributed by atoms with Gasteiger partial charge in [0.15, 0.2) is 0 Å². The molecule has 0 radical (unpaired) electrons. The summed E-state index contributed by atoms with van der Waals surface area (Å²) in [4.78, 5) is 0. The van der Waals surface area contributed by atoms with Crippen LogP contribution in [-0.4, -0.2) is 37.6 Å². The van der Waals surface area contributed by atoms with Crippen molar-refractivity contribution < 1.29 is 8.42 Å². The van der Waals surface area contributed by atoms with Gasteiger partial charge in [0.2, 0.25) is 10.0 Å². The van der Waals surface area contributed by atoms with Gasteiger partial charge in [-0.25, -0.2) is 8.42 Å². The second-order valence-electron chi connectivity index (χ2n) is 6.15. The van der Waals surface area contributed by atoms with Crippen LogP contribution in [0.25, 0.3) is 0 Å². The lowest BCUT2D eigenvalue weighted by Gasteiger charge is -2.36. The maximum absolute atomic E-state index is 12.4. The molecule has 1 aliphatic rings. The van der Waals surface area contributed by atoms with E-state index in [2.05, 4.69) is 0 Å². The summed E-state index contributed by atoms with van der Waals surface area (Å²) in [6.07, 6.45) is 3.83. The SMILES string of the molecule is CC(C)(C)CS(=O)(=O)N1CCCCC1CCN. The quantitative estimate of drug-likeness (QED) is 0.836. The maximum atomic E-state index is 12.4. The van der Waals surface area contributed by atoms with E-state index in [1.54, 1.807) is 4.31 Å². The first kappa shape index (κ1) is 14.9. The molecular formula is C12H26N2O2S. The summed E-state index contributed by atoms with van der Waals surface area (Å²) in [6, 6.07) is 0.126. The van der Waals surface area contributed by atoms with E-state index < -0.39 is 10.0 Å². The van der Waals surface area contributed by atoms with Crippen molar-refractivity contribution in [3.63, 3.8) is 0 Å². The summed E-state index contributed by atoms with van der Waals surface area (Å²) in [5.74, 6) is 0.223. The fourth-order valence-electron chi connectivity index (χ4n) is 2.45. The summed E-state index contributed by atoms with van der Waals surface area (Å²) in [6.45, 7) is 7.13. The van der Waals surface area contributed by atoms with Gasteiger partial charge in [0.1, 0.15) is 0 Å². The zero-order valence-corrected chi connectivity index (χ0v) is 12.1. The van der Waals surface area contributed by atoms with Crippen LogP contribution in [0.15, 0.2) is 0 Å². The molecule has 0 aliphatic carbocycles. The minimum Gasteiger partial charge on any atom is -0.330 e. The van der Waals surface area contributed by atoms with Gasteiger partial charge in [-0.15, -0.1) is 0 Å². The molecule has 4 nitrogen and oxygen atoms in total. The normalized spacial score (nSPS) is 23.9. The standard InChI is InChI=1S/C12H26N2O2S/c1-12(2,3)10-17(15,16)14-9-5-4-6-11(14)7-8-13/h11H,4-10,13H2,1-3H3. The van der Waals surface area contributed by atoms with Gasteiger partial charge in [-0.3, -0.25) is 0 Å². The van der Waals surface area contributed by atoms with Crippen LogP contribution in [0.3, 0.4) is 0 Å². The molecule has 0 spiro atoms. The highest BCUT2D eigenvalue weighted by molar-refractivity contribution is 7.89. The van der Waals surface area contributed by atoms with E-state index in [-0.39, 0.29) is 17.2 Å². The number of hydrogen-bond donors (Lipinski definition) is 1. The van der Waals surface area contributed by atoms with Gasteiger partial charge >= 0.3 is 0 Å². The molecule has 1 unspecified atom stereocenters. The van der Waals surface area contributed by atoms with E-state index in [0.29, 0.717) is 13.1 Å². The Bertz CT molecular complexity index is 331. The molecule has 1 aliphatic heterocycles. The Hall–Kier alpha value is -0.130. The Kier molecular flexibility index (Phi) is 4.98. The second-order valence-corrected chi connectivity index (χ2v) is 8.08. The fraction of sp³-hybridized carbons (Fsp3) is 1.00. The van der Waals surface area contributed by atoms with Crippen molar-refractivity contribution in [3.8, 4) is 0 Å². The molecule has 0 amide bonds.